The van der Waals surface area contributed by atoms with Gasteiger partial charge in [-0.15, -0.1) is 11.3 Å². The maximum absolute atomic E-state index is 3.73. The van der Waals surface area contributed by atoms with Gasteiger partial charge in [0, 0.05) is 22.3 Å². The van der Waals surface area contributed by atoms with Crippen molar-refractivity contribution in [2.24, 2.45) is 0 Å². The van der Waals surface area contributed by atoms with Gasteiger partial charge in [0.25, 0.3) is 0 Å². The fourth-order valence-corrected chi connectivity index (χ4v) is 3.59. The lowest BCUT2D eigenvalue weighted by Gasteiger charge is -2.31. The number of piperidine rings is 1. The van der Waals surface area contributed by atoms with Gasteiger partial charge in [0.2, 0.25) is 0 Å². The number of hydrogen-bond acceptors (Lipinski definition) is 3. The minimum absolute atomic E-state index is 0.287. The Balaban J connectivity index is 1.78. The average Bonchev–Trinajstić information content (AvgIpc) is 2.86. The lowest BCUT2D eigenvalue weighted by Crippen LogP contribution is -2.41. The molecule has 1 aromatic heterocycles. The molecule has 0 aliphatic carbocycles. The van der Waals surface area contributed by atoms with Gasteiger partial charge in [-0.05, 0) is 50.0 Å². The van der Waals surface area contributed by atoms with Gasteiger partial charge < -0.3 is 10.2 Å². The van der Waals surface area contributed by atoms with Crippen molar-refractivity contribution in [3.8, 4) is 0 Å². The summed E-state index contributed by atoms with van der Waals surface area (Å²) in [5.41, 5.74) is 0.287. The molecule has 0 spiro atoms. The monoisotopic (exact) mass is 280 g/mol. The van der Waals surface area contributed by atoms with Gasteiger partial charge in [-0.2, -0.15) is 0 Å². The summed E-state index contributed by atoms with van der Waals surface area (Å²) in [6.45, 7) is 13.9. The second-order valence-corrected chi connectivity index (χ2v) is 7.77. The second-order valence-electron chi connectivity index (χ2n) is 6.61. The van der Waals surface area contributed by atoms with Gasteiger partial charge in [0.05, 0.1) is 0 Å². The molecule has 0 amide bonds. The van der Waals surface area contributed by atoms with E-state index in [1.807, 2.05) is 11.3 Å². The normalized spacial score (nSPS) is 18.9. The van der Waals surface area contributed by atoms with Crippen LogP contribution in [0.25, 0.3) is 0 Å². The molecule has 108 valence electrons. The summed E-state index contributed by atoms with van der Waals surface area (Å²) in [4.78, 5) is 5.51. The molecule has 0 atom stereocenters. The Morgan fingerprint density at radius 3 is 2.47 bits per heavy atom. The van der Waals surface area contributed by atoms with Crippen molar-refractivity contribution in [2.75, 3.05) is 19.6 Å². The number of likely N-dealkylation sites (tertiary alicyclic amines) is 1. The molecule has 1 fully saturated rings. The summed E-state index contributed by atoms with van der Waals surface area (Å²) in [7, 11) is 0. The largest absolute Gasteiger partial charge is 0.309 e. The molecule has 0 unspecified atom stereocenters. The Morgan fingerprint density at radius 1 is 1.26 bits per heavy atom. The Hall–Kier alpha value is -0.380. The van der Waals surface area contributed by atoms with Gasteiger partial charge in [0.1, 0.15) is 0 Å². The van der Waals surface area contributed by atoms with Crippen LogP contribution in [0.3, 0.4) is 0 Å². The van der Waals surface area contributed by atoms with Crippen LogP contribution in [0.4, 0.5) is 0 Å². The predicted octanol–water partition coefficient (Wildman–Crippen LogP) is 3.62. The Morgan fingerprint density at radius 2 is 1.95 bits per heavy atom. The van der Waals surface area contributed by atoms with Crippen LogP contribution in [-0.2, 0) is 12.0 Å². The van der Waals surface area contributed by atoms with Crippen molar-refractivity contribution in [3.05, 3.63) is 21.9 Å². The third kappa shape index (κ3) is 4.30. The van der Waals surface area contributed by atoms with Crippen molar-refractivity contribution in [1.82, 2.24) is 10.2 Å². The van der Waals surface area contributed by atoms with Crippen LogP contribution < -0.4 is 5.32 Å². The van der Waals surface area contributed by atoms with Crippen molar-refractivity contribution in [3.63, 3.8) is 0 Å². The Bertz CT molecular complexity index is 384. The fraction of sp³-hybridized carbons (Fsp3) is 0.750. The molecular formula is C16H28N2S. The van der Waals surface area contributed by atoms with Crippen LogP contribution in [-0.4, -0.2) is 30.6 Å². The van der Waals surface area contributed by atoms with E-state index in [9.17, 15) is 0 Å². The third-order valence-corrected chi connectivity index (χ3v) is 5.51. The van der Waals surface area contributed by atoms with Crippen molar-refractivity contribution in [2.45, 2.75) is 58.5 Å². The van der Waals surface area contributed by atoms with Crippen molar-refractivity contribution >= 4 is 11.3 Å². The highest BCUT2D eigenvalue weighted by molar-refractivity contribution is 7.12. The highest BCUT2D eigenvalue weighted by Gasteiger charge is 2.19. The molecule has 1 aliphatic rings. The maximum Gasteiger partial charge on any atom is 0.0302 e. The Kier molecular flexibility index (Phi) is 5.04. The lowest BCUT2D eigenvalue weighted by molar-refractivity contribution is 0.206. The van der Waals surface area contributed by atoms with Gasteiger partial charge in [0.15, 0.2) is 0 Å². The van der Waals surface area contributed by atoms with Gasteiger partial charge in [-0.25, -0.2) is 0 Å². The molecular weight excluding hydrogens is 252 g/mol. The number of nitrogens with one attached hydrogen (secondary N) is 1. The summed E-state index contributed by atoms with van der Waals surface area (Å²) in [6, 6.07) is 5.30. The van der Waals surface area contributed by atoms with E-state index in [2.05, 4.69) is 50.0 Å². The molecule has 19 heavy (non-hydrogen) atoms. The first-order valence-electron chi connectivity index (χ1n) is 7.54. The van der Waals surface area contributed by atoms with E-state index in [1.165, 1.54) is 42.2 Å². The quantitative estimate of drug-likeness (QED) is 0.906. The first-order valence-corrected chi connectivity index (χ1v) is 8.35. The van der Waals surface area contributed by atoms with E-state index >= 15 is 0 Å². The minimum atomic E-state index is 0.287. The first-order chi connectivity index (χ1) is 8.99. The van der Waals surface area contributed by atoms with Gasteiger partial charge in [-0.3, -0.25) is 0 Å². The molecule has 0 aromatic carbocycles. The highest BCUT2D eigenvalue weighted by atomic mass is 32.1. The molecule has 0 saturated carbocycles. The molecule has 2 rings (SSSR count). The third-order valence-electron chi connectivity index (χ3n) is 4.00. The zero-order valence-corrected chi connectivity index (χ0v) is 13.6. The molecule has 1 N–H and O–H groups in total. The summed E-state index contributed by atoms with van der Waals surface area (Å²) >= 11 is 1.96. The van der Waals surface area contributed by atoms with E-state index < -0.39 is 0 Å². The number of nitrogens with zero attached hydrogens (tertiary/aromatic N) is 1. The summed E-state index contributed by atoms with van der Waals surface area (Å²) in [6.07, 6.45) is 2.59. The predicted molar refractivity (Wildman–Crippen MR) is 85.0 cm³/mol. The van der Waals surface area contributed by atoms with E-state index in [-0.39, 0.29) is 5.41 Å². The van der Waals surface area contributed by atoms with Crippen LogP contribution in [0.15, 0.2) is 12.1 Å². The number of hydrogen-bond donors (Lipinski definition) is 1. The zero-order chi connectivity index (χ0) is 13.9. The van der Waals surface area contributed by atoms with Gasteiger partial charge in [-0.1, -0.05) is 27.7 Å². The molecule has 0 radical (unpaired) electrons. The lowest BCUT2D eigenvalue weighted by atomic mass is 9.95. The molecule has 1 aliphatic heterocycles. The fourth-order valence-electron chi connectivity index (χ4n) is 2.57. The topological polar surface area (TPSA) is 15.3 Å². The average molecular weight is 280 g/mol. The minimum Gasteiger partial charge on any atom is -0.309 e. The SMILES string of the molecule is CCN1CCC(NCc2ccc(C(C)(C)C)s2)CC1. The summed E-state index contributed by atoms with van der Waals surface area (Å²) in [5.74, 6) is 0. The Labute approximate surface area is 122 Å². The summed E-state index contributed by atoms with van der Waals surface area (Å²) < 4.78 is 0. The van der Waals surface area contributed by atoms with Gasteiger partial charge >= 0.3 is 0 Å². The molecule has 3 heteroatoms. The molecule has 0 bridgehead atoms. The summed E-state index contributed by atoms with van der Waals surface area (Å²) in [5, 5.41) is 3.73. The second kappa shape index (κ2) is 6.38. The van der Waals surface area contributed by atoms with Crippen LogP contribution in [0.1, 0.15) is 50.3 Å². The zero-order valence-electron chi connectivity index (χ0n) is 12.8. The van der Waals surface area contributed by atoms with E-state index in [0.29, 0.717) is 6.04 Å². The molecule has 2 nitrogen and oxygen atoms in total. The smallest absolute Gasteiger partial charge is 0.0302 e. The number of rotatable bonds is 4. The van der Waals surface area contributed by atoms with Crippen LogP contribution in [0, 0.1) is 0 Å². The van der Waals surface area contributed by atoms with E-state index in [4.69, 9.17) is 0 Å². The maximum atomic E-state index is 3.73. The molecule has 2 heterocycles. The van der Waals surface area contributed by atoms with E-state index in [1.54, 1.807) is 0 Å². The first kappa shape index (κ1) is 15.0. The van der Waals surface area contributed by atoms with Crippen LogP contribution in [0.5, 0.6) is 0 Å². The van der Waals surface area contributed by atoms with Crippen molar-refractivity contribution < 1.29 is 0 Å². The van der Waals surface area contributed by atoms with Crippen molar-refractivity contribution in [1.29, 1.82) is 0 Å². The molecule has 1 saturated heterocycles. The number of thiophene rings is 1. The molecule has 1 aromatic rings. The standard InChI is InChI=1S/C16H28N2S/c1-5-18-10-8-13(9-11-18)17-12-14-6-7-15(19-14)16(2,3)4/h6-7,13,17H,5,8-12H2,1-4H3. The van der Waals surface area contributed by atoms with E-state index in [0.717, 1.165) is 6.54 Å². The highest BCUT2D eigenvalue weighted by Crippen LogP contribution is 2.29. The van der Waals surface area contributed by atoms with Crippen LogP contribution in [0.2, 0.25) is 0 Å². The van der Waals surface area contributed by atoms with Crippen LogP contribution >= 0.6 is 11.3 Å².